The van der Waals surface area contributed by atoms with E-state index in [4.69, 9.17) is 9.72 Å². The van der Waals surface area contributed by atoms with Crippen molar-refractivity contribution in [2.24, 2.45) is 0 Å². The van der Waals surface area contributed by atoms with Gasteiger partial charge in [0.05, 0.1) is 0 Å². The van der Waals surface area contributed by atoms with Gasteiger partial charge in [0, 0.05) is 62.9 Å². The van der Waals surface area contributed by atoms with E-state index >= 15 is 0 Å². The highest BCUT2D eigenvalue weighted by atomic mass is 16.5. The molecule has 8 nitrogen and oxygen atoms in total. The number of ether oxygens (including phenoxy) is 1. The van der Waals surface area contributed by atoms with Crippen molar-refractivity contribution in [3.05, 3.63) is 30.5 Å². The van der Waals surface area contributed by atoms with Gasteiger partial charge in [0.1, 0.15) is 12.1 Å². The van der Waals surface area contributed by atoms with Crippen molar-refractivity contribution in [1.82, 2.24) is 24.8 Å². The fraction of sp³-hybridized carbons (Fsp3) is 0.636. The zero-order chi connectivity index (χ0) is 21.2. The molecular weight excluding hydrogens is 380 g/mol. The zero-order valence-corrected chi connectivity index (χ0v) is 18.2. The maximum atomic E-state index is 12.5. The van der Waals surface area contributed by atoms with Crippen LogP contribution in [0.4, 0.5) is 5.82 Å². The first-order valence-corrected chi connectivity index (χ1v) is 11.1. The van der Waals surface area contributed by atoms with Gasteiger partial charge in [-0.15, -0.1) is 0 Å². The highest BCUT2D eigenvalue weighted by Gasteiger charge is 2.26. The summed E-state index contributed by atoms with van der Waals surface area (Å²) in [7, 11) is 0. The summed E-state index contributed by atoms with van der Waals surface area (Å²) in [5.41, 5.74) is 0.903. The predicted octanol–water partition coefficient (Wildman–Crippen LogP) is 3.04. The average molecular weight is 415 g/mol. The Balaban J connectivity index is 1.56. The van der Waals surface area contributed by atoms with Crippen LogP contribution < -0.4 is 10.2 Å². The molecule has 0 spiro atoms. The van der Waals surface area contributed by atoms with Crippen LogP contribution in [-0.4, -0.2) is 57.8 Å². The van der Waals surface area contributed by atoms with Crippen LogP contribution in [0.3, 0.4) is 0 Å². The van der Waals surface area contributed by atoms with Crippen molar-refractivity contribution in [2.45, 2.75) is 64.8 Å². The Kier molecular flexibility index (Phi) is 8.62. The number of piperidine rings is 1. The second-order valence-electron chi connectivity index (χ2n) is 7.85. The molecule has 1 amide bonds. The molecule has 1 unspecified atom stereocenters. The molecule has 3 heterocycles. The van der Waals surface area contributed by atoms with Gasteiger partial charge in [0.25, 0.3) is 0 Å². The van der Waals surface area contributed by atoms with Crippen LogP contribution >= 0.6 is 0 Å². The highest BCUT2D eigenvalue weighted by molar-refractivity contribution is 5.77. The molecule has 0 radical (unpaired) electrons. The van der Waals surface area contributed by atoms with Crippen molar-refractivity contribution >= 4 is 11.7 Å². The first-order valence-electron chi connectivity index (χ1n) is 11.1. The predicted molar refractivity (Wildman–Crippen MR) is 117 cm³/mol. The van der Waals surface area contributed by atoms with E-state index in [-0.39, 0.29) is 11.9 Å². The lowest BCUT2D eigenvalue weighted by atomic mass is 9.99. The van der Waals surface area contributed by atoms with Crippen molar-refractivity contribution < 1.29 is 9.53 Å². The molecule has 1 N–H and O–H groups in total. The third-order valence-corrected chi connectivity index (χ3v) is 5.34. The van der Waals surface area contributed by atoms with E-state index in [0.717, 1.165) is 63.2 Å². The number of rotatable bonds is 11. The number of aryl methyl sites for hydroxylation is 1. The molecule has 1 aliphatic rings. The molecule has 1 saturated heterocycles. The quantitative estimate of drug-likeness (QED) is 0.569. The number of nitrogens with one attached hydrogen (secondary N) is 1. The maximum Gasteiger partial charge on any atom is 0.237 e. The van der Waals surface area contributed by atoms with Gasteiger partial charge in [0.2, 0.25) is 11.9 Å². The monoisotopic (exact) mass is 414 g/mol. The smallest absolute Gasteiger partial charge is 0.237 e. The Bertz CT molecular complexity index is 780. The number of carbonyl (C=O) groups excluding carboxylic acids is 1. The first-order chi connectivity index (χ1) is 14.7. The molecule has 1 aliphatic heterocycles. The lowest BCUT2D eigenvalue weighted by Gasteiger charge is -2.36. The fourth-order valence-electron chi connectivity index (χ4n) is 3.73. The van der Waals surface area contributed by atoms with Gasteiger partial charge >= 0.3 is 0 Å². The van der Waals surface area contributed by atoms with E-state index in [1.165, 1.54) is 0 Å². The van der Waals surface area contributed by atoms with E-state index in [1.807, 2.05) is 23.8 Å². The molecule has 2 aromatic rings. The van der Waals surface area contributed by atoms with Crippen molar-refractivity contribution in [1.29, 1.82) is 0 Å². The van der Waals surface area contributed by atoms with Crippen molar-refractivity contribution in [2.75, 3.05) is 31.2 Å². The van der Waals surface area contributed by atoms with E-state index in [1.54, 1.807) is 12.5 Å². The molecule has 1 atom stereocenters. The number of anilines is 1. The summed E-state index contributed by atoms with van der Waals surface area (Å²) in [6.07, 6.45) is 12.1. The number of amides is 1. The molecule has 8 heteroatoms. The first kappa shape index (κ1) is 22.2. The molecule has 3 rings (SSSR count). The van der Waals surface area contributed by atoms with E-state index in [2.05, 4.69) is 27.1 Å². The zero-order valence-electron chi connectivity index (χ0n) is 18.2. The third-order valence-electron chi connectivity index (χ3n) is 5.34. The van der Waals surface area contributed by atoms with Crippen LogP contribution in [0.25, 0.3) is 5.95 Å². The maximum absolute atomic E-state index is 12.5. The number of carbonyl (C=O) groups is 1. The average Bonchev–Trinajstić information content (AvgIpc) is 3.28. The Labute approximate surface area is 179 Å². The summed E-state index contributed by atoms with van der Waals surface area (Å²) in [6, 6.07) is 2.16. The van der Waals surface area contributed by atoms with Gasteiger partial charge in [-0.1, -0.05) is 13.3 Å². The molecule has 0 aromatic carbocycles. The molecule has 30 heavy (non-hydrogen) atoms. The Hall–Kier alpha value is -2.48. The standard InChI is InChI=1S/C22H34N6O2/c1-3-4-13-30-14-7-9-24-21(29)16-19-8-5-6-11-28(19)20-15-18(2)25-22(26-20)27-12-10-23-17-27/h10,12,15,17,19H,3-9,11,13-14,16H2,1-2H3,(H,24,29). The van der Waals surface area contributed by atoms with Crippen LogP contribution in [0.2, 0.25) is 0 Å². The summed E-state index contributed by atoms with van der Waals surface area (Å²) in [6.45, 7) is 7.20. The SMILES string of the molecule is CCCCOCCCNC(=O)CC1CCCCN1c1cc(C)nc(-n2ccnc2)n1. The number of imidazole rings is 1. The summed E-state index contributed by atoms with van der Waals surface area (Å²) < 4.78 is 7.36. The van der Waals surface area contributed by atoms with Crippen LogP contribution in [0.5, 0.6) is 0 Å². The molecular formula is C22H34N6O2. The summed E-state index contributed by atoms with van der Waals surface area (Å²) in [5.74, 6) is 1.59. The fourth-order valence-corrected chi connectivity index (χ4v) is 3.73. The molecule has 2 aromatic heterocycles. The lowest BCUT2D eigenvalue weighted by molar-refractivity contribution is -0.121. The van der Waals surface area contributed by atoms with Crippen LogP contribution in [-0.2, 0) is 9.53 Å². The Morgan fingerprint density at radius 1 is 1.27 bits per heavy atom. The Morgan fingerprint density at radius 3 is 2.93 bits per heavy atom. The van der Waals surface area contributed by atoms with Gasteiger partial charge < -0.3 is 15.0 Å². The minimum absolute atomic E-state index is 0.0982. The molecule has 1 fully saturated rings. The highest BCUT2D eigenvalue weighted by Crippen LogP contribution is 2.26. The molecule has 164 valence electrons. The number of unbranched alkanes of at least 4 members (excludes halogenated alkanes) is 1. The number of hydrogen-bond donors (Lipinski definition) is 1. The van der Waals surface area contributed by atoms with E-state index in [9.17, 15) is 4.79 Å². The van der Waals surface area contributed by atoms with E-state index in [0.29, 0.717) is 25.5 Å². The summed E-state index contributed by atoms with van der Waals surface area (Å²) in [5, 5.41) is 3.05. The van der Waals surface area contributed by atoms with Gasteiger partial charge in [-0.2, -0.15) is 4.98 Å². The van der Waals surface area contributed by atoms with Gasteiger partial charge in [0.15, 0.2) is 0 Å². The Morgan fingerprint density at radius 2 is 2.13 bits per heavy atom. The van der Waals surface area contributed by atoms with Gasteiger partial charge in [-0.25, -0.2) is 9.97 Å². The van der Waals surface area contributed by atoms with Crippen molar-refractivity contribution in [3.63, 3.8) is 0 Å². The van der Waals surface area contributed by atoms with Crippen LogP contribution in [0, 0.1) is 6.92 Å². The molecule has 0 aliphatic carbocycles. The normalized spacial score (nSPS) is 16.6. The minimum atomic E-state index is 0.0982. The largest absolute Gasteiger partial charge is 0.381 e. The van der Waals surface area contributed by atoms with Gasteiger partial charge in [-0.05, 0) is 39.0 Å². The third kappa shape index (κ3) is 6.52. The number of hydrogen-bond acceptors (Lipinski definition) is 6. The summed E-state index contributed by atoms with van der Waals surface area (Å²) >= 11 is 0. The molecule has 0 saturated carbocycles. The number of nitrogens with zero attached hydrogens (tertiary/aromatic N) is 5. The van der Waals surface area contributed by atoms with Crippen molar-refractivity contribution in [3.8, 4) is 5.95 Å². The van der Waals surface area contributed by atoms with Crippen LogP contribution in [0.1, 0.15) is 57.6 Å². The lowest BCUT2D eigenvalue weighted by Crippen LogP contribution is -2.43. The molecule has 0 bridgehead atoms. The van der Waals surface area contributed by atoms with Gasteiger partial charge in [-0.3, -0.25) is 9.36 Å². The summed E-state index contributed by atoms with van der Waals surface area (Å²) in [4.78, 5) is 28.2. The minimum Gasteiger partial charge on any atom is -0.381 e. The van der Waals surface area contributed by atoms with Crippen LogP contribution in [0.15, 0.2) is 24.8 Å². The second kappa shape index (κ2) is 11.6. The topological polar surface area (TPSA) is 85.2 Å². The number of aromatic nitrogens is 4. The second-order valence-corrected chi connectivity index (χ2v) is 7.85. The van der Waals surface area contributed by atoms with E-state index < -0.39 is 0 Å².